The van der Waals surface area contributed by atoms with Crippen LogP contribution in [0.3, 0.4) is 0 Å². The number of rotatable bonds is 3. The lowest BCUT2D eigenvalue weighted by molar-refractivity contribution is 0.493. The Morgan fingerprint density at radius 3 is 1.78 bits per heavy atom. The van der Waals surface area contributed by atoms with Gasteiger partial charge in [0.1, 0.15) is 11.5 Å². The van der Waals surface area contributed by atoms with E-state index >= 15 is 0 Å². The lowest BCUT2D eigenvalue weighted by atomic mass is 10.0. The van der Waals surface area contributed by atoms with Crippen molar-refractivity contribution < 1.29 is 4.74 Å². The van der Waals surface area contributed by atoms with Gasteiger partial charge in [-0.3, -0.25) is 4.57 Å². The normalized spacial score (nSPS) is 12.1. The van der Waals surface area contributed by atoms with Gasteiger partial charge < -0.3 is 4.74 Å². The van der Waals surface area contributed by atoms with Crippen LogP contribution in [0, 0.1) is 0 Å². The second-order valence-electron chi connectivity index (χ2n) is 8.92. The zero-order chi connectivity index (χ0) is 23.6. The van der Waals surface area contributed by atoms with E-state index in [0.29, 0.717) is 17.6 Å². The van der Waals surface area contributed by atoms with Gasteiger partial charge in [0.25, 0.3) is 0 Å². The number of hydrogen-bond acceptors (Lipinski definition) is 4. The summed E-state index contributed by atoms with van der Waals surface area (Å²) in [7, 11) is 0. The summed E-state index contributed by atoms with van der Waals surface area (Å²) in [5.41, 5.74) is 3.94. The van der Waals surface area contributed by atoms with Crippen LogP contribution in [0.4, 0.5) is 0 Å². The molecule has 168 valence electrons. The quantitative estimate of drug-likeness (QED) is 0.272. The molecule has 36 heavy (non-hydrogen) atoms. The average molecular weight is 463 g/mol. The SMILES string of the molecule is c1ccc(-c2nc(-c3ccccc3)nc(-n3c4cccc5c4c4c6c(cccc6ccc43)O5)n2)cc1. The Kier molecular flexibility index (Phi) is 3.88. The van der Waals surface area contributed by atoms with Crippen LogP contribution in [0.1, 0.15) is 0 Å². The van der Waals surface area contributed by atoms with Gasteiger partial charge >= 0.3 is 0 Å². The number of benzene rings is 5. The summed E-state index contributed by atoms with van der Waals surface area (Å²) in [4.78, 5) is 14.9. The van der Waals surface area contributed by atoms with Crippen LogP contribution in [-0.4, -0.2) is 19.5 Å². The third-order valence-corrected chi connectivity index (χ3v) is 6.83. The molecule has 0 unspecified atom stereocenters. The minimum atomic E-state index is 0.582. The highest BCUT2D eigenvalue weighted by Crippen LogP contribution is 2.48. The van der Waals surface area contributed by atoms with Gasteiger partial charge in [-0.15, -0.1) is 0 Å². The van der Waals surface area contributed by atoms with Gasteiger partial charge in [0, 0.05) is 21.9 Å². The van der Waals surface area contributed by atoms with Gasteiger partial charge in [-0.25, -0.2) is 4.98 Å². The van der Waals surface area contributed by atoms with Crippen molar-refractivity contribution in [3.05, 3.63) is 109 Å². The number of ether oxygens (including phenoxy) is 1. The van der Waals surface area contributed by atoms with Gasteiger partial charge in [-0.2, -0.15) is 9.97 Å². The number of aromatic nitrogens is 4. The highest BCUT2D eigenvalue weighted by atomic mass is 16.5. The highest BCUT2D eigenvalue weighted by Gasteiger charge is 2.25. The summed E-state index contributed by atoms with van der Waals surface area (Å²) in [5.74, 6) is 3.58. The molecule has 5 heteroatoms. The summed E-state index contributed by atoms with van der Waals surface area (Å²) in [5, 5.41) is 4.53. The predicted molar refractivity (Wildman–Crippen MR) is 143 cm³/mol. The smallest absolute Gasteiger partial charge is 0.238 e. The van der Waals surface area contributed by atoms with Crippen molar-refractivity contribution in [2.45, 2.75) is 0 Å². The van der Waals surface area contributed by atoms with E-state index in [1.54, 1.807) is 0 Å². The molecule has 0 radical (unpaired) electrons. The van der Waals surface area contributed by atoms with Crippen molar-refractivity contribution in [1.82, 2.24) is 19.5 Å². The maximum atomic E-state index is 6.35. The first kappa shape index (κ1) is 19.3. The summed E-state index contributed by atoms with van der Waals surface area (Å²) >= 11 is 0. The van der Waals surface area contributed by atoms with Crippen LogP contribution < -0.4 is 4.74 Å². The molecule has 5 nitrogen and oxygen atoms in total. The number of nitrogens with zero attached hydrogens (tertiary/aromatic N) is 4. The van der Waals surface area contributed by atoms with Crippen molar-refractivity contribution in [2.75, 3.05) is 0 Å². The van der Waals surface area contributed by atoms with Crippen LogP contribution in [0.2, 0.25) is 0 Å². The Balaban J connectivity index is 1.51. The van der Waals surface area contributed by atoms with E-state index in [9.17, 15) is 0 Å². The first-order valence-corrected chi connectivity index (χ1v) is 11.9. The van der Waals surface area contributed by atoms with E-state index < -0.39 is 0 Å². The van der Waals surface area contributed by atoms with Crippen LogP contribution in [0.25, 0.3) is 61.3 Å². The molecule has 0 amide bonds. The van der Waals surface area contributed by atoms with Crippen LogP contribution in [0.15, 0.2) is 109 Å². The van der Waals surface area contributed by atoms with Crippen molar-refractivity contribution in [2.24, 2.45) is 0 Å². The lowest BCUT2D eigenvalue weighted by Gasteiger charge is -2.15. The maximum absolute atomic E-state index is 6.35. The summed E-state index contributed by atoms with van der Waals surface area (Å²) in [6.07, 6.45) is 0. The second-order valence-corrected chi connectivity index (χ2v) is 8.92. The molecule has 1 aliphatic heterocycles. The highest BCUT2D eigenvalue weighted by molar-refractivity contribution is 6.25. The fourth-order valence-electron chi connectivity index (χ4n) is 5.26. The summed E-state index contributed by atoms with van der Waals surface area (Å²) in [6, 6.07) is 36.8. The molecule has 8 rings (SSSR count). The molecule has 7 aromatic rings. The fraction of sp³-hybridized carbons (Fsp3) is 0. The fourth-order valence-corrected chi connectivity index (χ4v) is 5.26. The minimum Gasteiger partial charge on any atom is -0.456 e. The topological polar surface area (TPSA) is 52.8 Å². The zero-order valence-corrected chi connectivity index (χ0v) is 19.1. The summed E-state index contributed by atoms with van der Waals surface area (Å²) in [6.45, 7) is 0. The Morgan fingerprint density at radius 1 is 0.472 bits per heavy atom. The molecular weight excluding hydrogens is 444 g/mol. The Morgan fingerprint density at radius 2 is 1.08 bits per heavy atom. The molecule has 0 aliphatic carbocycles. The molecular formula is C31H18N4O. The van der Waals surface area contributed by atoms with E-state index in [0.717, 1.165) is 49.8 Å². The Bertz CT molecular complexity index is 1900. The van der Waals surface area contributed by atoms with Gasteiger partial charge in [0.15, 0.2) is 11.6 Å². The molecule has 2 aromatic heterocycles. The molecule has 0 atom stereocenters. The number of hydrogen-bond donors (Lipinski definition) is 0. The van der Waals surface area contributed by atoms with E-state index in [-0.39, 0.29) is 0 Å². The van der Waals surface area contributed by atoms with Crippen LogP contribution >= 0.6 is 0 Å². The summed E-state index contributed by atoms with van der Waals surface area (Å²) < 4.78 is 8.49. The van der Waals surface area contributed by atoms with Crippen molar-refractivity contribution in [3.63, 3.8) is 0 Å². The molecule has 0 bridgehead atoms. The van der Waals surface area contributed by atoms with Crippen LogP contribution in [-0.2, 0) is 0 Å². The third kappa shape index (κ3) is 2.68. The molecule has 0 fully saturated rings. The van der Waals surface area contributed by atoms with E-state index in [4.69, 9.17) is 19.7 Å². The molecule has 0 saturated heterocycles. The van der Waals surface area contributed by atoms with Gasteiger partial charge in [0.05, 0.1) is 16.4 Å². The van der Waals surface area contributed by atoms with E-state index in [1.165, 1.54) is 5.39 Å². The molecule has 0 spiro atoms. The minimum absolute atomic E-state index is 0.582. The molecule has 3 heterocycles. The molecule has 1 aliphatic rings. The van der Waals surface area contributed by atoms with Crippen molar-refractivity contribution in [3.8, 4) is 40.2 Å². The van der Waals surface area contributed by atoms with Crippen LogP contribution in [0.5, 0.6) is 11.5 Å². The van der Waals surface area contributed by atoms with E-state index in [1.807, 2.05) is 84.9 Å². The maximum Gasteiger partial charge on any atom is 0.238 e. The molecule has 5 aromatic carbocycles. The largest absolute Gasteiger partial charge is 0.456 e. The Labute approximate surface area is 206 Å². The average Bonchev–Trinajstić information content (AvgIpc) is 3.30. The van der Waals surface area contributed by atoms with Gasteiger partial charge in [-0.1, -0.05) is 84.9 Å². The van der Waals surface area contributed by atoms with Gasteiger partial charge in [0.2, 0.25) is 5.95 Å². The first-order valence-electron chi connectivity index (χ1n) is 11.9. The monoisotopic (exact) mass is 462 g/mol. The van der Waals surface area contributed by atoms with E-state index in [2.05, 4.69) is 28.8 Å². The molecule has 0 saturated carbocycles. The Hall–Kier alpha value is -5.03. The van der Waals surface area contributed by atoms with Crippen molar-refractivity contribution in [1.29, 1.82) is 0 Å². The second kappa shape index (κ2) is 7.23. The zero-order valence-electron chi connectivity index (χ0n) is 19.1. The third-order valence-electron chi connectivity index (χ3n) is 6.83. The van der Waals surface area contributed by atoms with Gasteiger partial charge in [-0.05, 0) is 29.7 Å². The van der Waals surface area contributed by atoms with Crippen molar-refractivity contribution >= 4 is 32.6 Å². The predicted octanol–water partition coefficient (Wildman–Crippen LogP) is 7.56. The first-order chi connectivity index (χ1) is 17.8. The lowest BCUT2D eigenvalue weighted by Crippen LogP contribution is -2.06. The molecule has 0 N–H and O–H groups in total. The standard InChI is InChI=1S/C31H18N4O/c1-3-9-20(10-4-1)29-32-30(21-11-5-2-6-12-21)34-31(33-29)35-22-14-8-16-25-27(22)28-23(35)18-17-19-13-7-15-24(36-25)26(19)28/h1-18H.